The minimum absolute atomic E-state index is 0.120. The predicted octanol–water partition coefficient (Wildman–Crippen LogP) is 5.85. The number of halogens is 4. The molecule has 0 aromatic heterocycles. The zero-order valence-electron chi connectivity index (χ0n) is 10.0. The molecule has 0 fully saturated rings. The number of rotatable bonds is 2. The van der Waals surface area contributed by atoms with Crippen LogP contribution in [0.15, 0.2) is 36.4 Å². The van der Waals surface area contributed by atoms with Gasteiger partial charge in [-0.05, 0) is 35.9 Å². The summed E-state index contributed by atoms with van der Waals surface area (Å²) in [4.78, 5) is 0. The predicted molar refractivity (Wildman–Crippen MR) is 81.4 cm³/mol. The van der Waals surface area contributed by atoms with Crippen LogP contribution in [-0.4, -0.2) is 0 Å². The van der Waals surface area contributed by atoms with Crippen molar-refractivity contribution in [2.45, 2.75) is 0 Å². The molecule has 0 aliphatic rings. The first kappa shape index (κ1) is 14.9. The molecule has 100 valence electrons. The van der Waals surface area contributed by atoms with Gasteiger partial charge in [0.1, 0.15) is 5.82 Å². The van der Waals surface area contributed by atoms with Crippen LogP contribution in [-0.2, 0) is 0 Å². The topological polar surface area (TPSA) is 23.8 Å². The molecule has 0 aliphatic carbocycles. The number of nitrogens with zero attached hydrogens (tertiary/aromatic N) is 1. The van der Waals surface area contributed by atoms with E-state index in [0.29, 0.717) is 20.6 Å². The fourth-order valence-electron chi connectivity index (χ4n) is 1.66. The lowest BCUT2D eigenvalue weighted by atomic mass is 10.0. The molecule has 0 radical (unpaired) electrons. The summed E-state index contributed by atoms with van der Waals surface area (Å²) in [6.45, 7) is 0. The van der Waals surface area contributed by atoms with Gasteiger partial charge in [0, 0.05) is 10.6 Å². The van der Waals surface area contributed by atoms with Gasteiger partial charge in [-0.3, -0.25) is 0 Å². The fourth-order valence-corrected chi connectivity index (χ4v) is 2.20. The summed E-state index contributed by atoms with van der Waals surface area (Å²) in [7, 11) is 0. The third-order valence-electron chi connectivity index (χ3n) is 2.62. The fraction of sp³-hybridized carbons (Fsp3) is 0. The quantitative estimate of drug-likeness (QED) is 0.501. The lowest BCUT2D eigenvalue weighted by Crippen LogP contribution is -1.89. The molecule has 0 N–H and O–H groups in total. The van der Waals surface area contributed by atoms with Crippen molar-refractivity contribution in [1.82, 2.24) is 0 Å². The Bertz CT molecular complexity index is 732. The monoisotopic (exact) mass is 325 g/mol. The molecule has 0 saturated carbocycles. The molecule has 20 heavy (non-hydrogen) atoms. The summed E-state index contributed by atoms with van der Waals surface area (Å²) >= 11 is 17.8. The molecule has 0 heterocycles. The molecule has 5 heteroatoms. The summed E-state index contributed by atoms with van der Waals surface area (Å²) in [5.41, 5.74) is 0.778. The number of nitriles is 1. The van der Waals surface area contributed by atoms with E-state index in [1.165, 1.54) is 24.3 Å². The van der Waals surface area contributed by atoms with Crippen molar-refractivity contribution in [3.05, 3.63) is 68.4 Å². The van der Waals surface area contributed by atoms with Crippen molar-refractivity contribution >= 4 is 46.5 Å². The second-order valence-electron chi connectivity index (χ2n) is 3.94. The van der Waals surface area contributed by atoms with Gasteiger partial charge in [0.25, 0.3) is 0 Å². The minimum atomic E-state index is -0.527. The highest BCUT2D eigenvalue weighted by atomic mass is 35.5. The Hall–Kier alpha value is -1.53. The van der Waals surface area contributed by atoms with E-state index in [-0.39, 0.29) is 11.1 Å². The summed E-state index contributed by atoms with van der Waals surface area (Å²) in [5.74, 6) is -0.527. The Morgan fingerprint density at radius 3 is 2.60 bits per heavy atom. The van der Waals surface area contributed by atoms with Crippen LogP contribution in [0.1, 0.15) is 11.1 Å². The maximum absolute atomic E-state index is 13.8. The van der Waals surface area contributed by atoms with E-state index < -0.39 is 5.82 Å². The van der Waals surface area contributed by atoms with Gasteiger partial charge in [0.15, 0.2) is 0 Å². The van der Waals surface area contributed by atoms with E-state index >= 15 is 0 Å². The van der Waals surface area contributed by atoms with Crippen LogP contribution in [0, 0.1) is 17.1 Å². The Morgan fingerprint density at radius 1 is 1.15 bits per heavy atom. The van der Waals surface area contributed by atoms with Crippen molar-refractivity contribution in [1.29, 1.82) is 5.26 Å². The van der Waals surface area contributed by atoms with Gasteiger partial charge in [-0.2, -0.15) is 5.26 Å². The Labute approximate surface area is 130 Å². The molecule has 2 aromatic rings. The van der Waals surface area contributed by atoms with E-state index in [1.54, 1.807) is 18.2 Å². The number of benzene rings is 2. The standard InChI is InChI=1S/C15H7Cl3FN/c16-11-4-5-14(19)12(7-11)10(8-20)6-9-2-1-3-13(17)15(9)18/h1-7H/b10-6+. The van der Waals surface area contributed by atoms with Crippen LogP contribution in [0.25, 0.3) is 11.6 Å². The van der Waals surface area contributed by atoms with Gasteiger partial charge in [-0.15, -0.1) is 0 Å². The average molecular weight is 327 g/mol. The zero-order valence-corrected chi connectivity index (χ0v) is 12.3. The summed E-state index contributed by atoms with van der Waals surface area (Å²) < 4.78 is 13.8. The molecule has 0 amide bonds. The van der Waals surface area contributed by atoms with Crippen molar-refractivity contribution < 1.29 is 4.39 Å². The molecule has 2 rings (SSSR count). The zero-order chi connectivity index (χ0) is 14.7. The van der Waals surface area contributed by atoms with Crippen LogP contribution in [0.3, 0.4) is 0 Å². The molecule has 0 spiro atoms. The highest BCUT2D eigenvalue weighted by molar-refractivity contribution is 6.43. The molecule has 2 aromatic carbocycles. The minimum Gasteiger partial charge on any atom is -0.206 e. The van der Waals surface area contributed by atoms with Crippen molar-refractivity contribution in [2.24, 2.45) is 0 Å². The van der Waals surface area contributed by atoms with Crippen molar-refractivity contribution in [3.63, 3.8) is 0 Å². The van der Waals surface area contributed by atoms with Crippen molar-refractivity contribution in [2.75, 3.05) is 0 Å². The first-order chi connectivity index (χ1) is 9.52. The van der Waals surface area contributed by atoms with Crippen LogP contribution in [0.5, 0.6) is 0 Å². The van der Waals surface area contributed by atoms with Crippen LogP contribution in [0.4, 0.5) is 4.39 Å². The number of allylic oxidation sites excluding steroid dienone is 1. The smallest absolute Gasteiger partial charge is 0.131 e. The molecule has 1 nitrogen and oxygen atoms in total. The second kappa shape index (κ2) is 6.28. The van der Waals surface area contributed by atoms with E-state index in [2.05, 4.69) is 0 Å². The maximum atomic E-state index is 13.8. The Morgan fingerprint density at radius 2 is 1.90 bits per heavy atom. The maximum Gasteiger partial charge on any atom is 0.131 e. The molecule has 0 atom stereocenters. The van der Waals surface area contributed by atoms with E-state index in [1.807, 2.05) is 6.07 Å². The Balaban J connectivity index is 2.58. The third kappa shape index (κ3) is 3.13. The summed E-state index contributed by atoms with van der Waals surface area (Å²) in [6, 6.07) is 11.0. The lowest BCUT2D eigenvalue weighted by Gasteiger charge is -2.04. The highest BCUT2D eigenvalue weighted by Crippen LogP contribution is 2.30. The van der Waals surface area contributed by atoms with E-state index in [4.69, 9.17) is 34.8 Å². The SMILES string of the molecule is N#C/C(=C\c1cccc(Cl)c1Cl)c1cc(Cl)ccc1F. The first-order valence-electron chi connectivity index (χ1n) is 5.54. The highest BCUT2D eigenvalue weighted by Gasteiger charge is 2.10. The van der Waals surface area contributed by atoms with Crippen LogP contribution < -0.4 is 0 Å². The normalized spacial score (nSPS) is 11.2. The van der Waals surface area contributed by atoms with Gasteiger partial charge in [-0.1, -0.05) is 46.9 Å². The van der Waals surface area contributed by atoms with Crippen LogP contribution in [0.2, 0.25) is 15.1 Å². The Kier molecular flexibility index (Phi) is 4.67. The molecule has 0 aliphatic heterocycles. The van der Waals surface area contributed by atoms with Crippen molar-refractivity contribution in [3.8, 4) is 6.07 Å². The van der Waals surface area contributed by atoms with Gasteiger partial charge in [0.2, 0.25) is 0 Å². The molecular formula is C15H7Cl3FN. The van der Waals surface area contributed by atoms with Crippen LogP contribution >= 0.6 is 34.8 Å². The second-order valence-corrected chi connectivity index (χ2v) is 5.16. The number of hydrogen-bond donors (Lipinski definition) is 0. The van der Waals surface area contributed by atoms with Gasteiger partial charge >= 0.3 is 0 Å². The van der Waals surface area contributed by atoms with E-state index in [0.717, 1.165) is 0 Å². The molecule has 0 saturated heterocycles. The lowest BCUT2D eigenvalue weighted by molar-refractivity contribution is 0.624. The number of hydrogen-bond acceptors (Lipinski definition) is 1. The van der Waals surface area contributed by atoms with E-state index in [9.17, 15) is 9.65 Å². The van der Waals surface area contributed by atoms with Gasteiger partial charge in [0.05, 0.1) is 21.7 Å². The molecular weight excluding hydrogens is 320 g/mol. The average Bonchev–Trinajstić information content (AvgIpc) is 2.43. The first-order valence-corrected chi connectivity index (χ1v) is 6.67. The summed E-state index contributed by atoms with van der Waals surface area (Å²) in [6.07, 6.45) is 1.48. The molecule has 0 bridgehead atoms. The third-order valence-corrected chi connectivity index (χ3v) is 3.69. The largest absolute Gasteiger partial charge is 0.206 e. The summed E-state index contributed by atoms with van der Waals surface area (Å²) in [5, 5.41) is 10.2. The van der Waals surface area contributed by atoms with Gasteiger partial charge < -0.3 is 0 Å². The van der Waals surface area contributed by atoms with Gasteiger partial charge in [-0.25, -0.2) is 4.39 Å². The molecule has 0 unspecified atom stereocenters.